The van der Waals surface area contributed by atoms with Crippen molar-refractivity contribution in [2.45, 2.75) is 18.9 Å². The Morgan fingerprint density at radius 3 is 2.34 bits per heavy atom. The first kappa shape index (κ1) is 19.6. The van der Waals surface area contributed by atoms with Crippen molar-refractivity contribution in [2.24, 2.45) is 0 Å². The molecular weight excluding hydrogens is 369 g/mol. The number of benzene rings is 2. The van der Waals surface area contributed by atoms with E-state index in [1.54, 1.807) is 21.9 Å². The predicted molar refractivity (Wildman–Crippen MR) is 109 cm³/mol. The number of fused-ring (bicyclic) bond motifs is 1. The summed E-state index contributed by atoms with van der Waals surface area (Å²) < 4.78 is 13.5. The summed E-state index contributed by atoms with van der Waals surface area (Å²) in [6, 6.07) is 14.0. The van der Waals surface area contributed by atoms with Crippen LogP contribution in [0.3, 0.4) is 0 Å². The molecule has 5 nitrogen and oxygen atoms in total. The van der Waals surface area contributed by atoms with E-state index < -0.39 is 0 Å². The number of halogens is 1. The minimum Gasteiger partial charge on any atom is -0.340 e. The zero-order chi connectivity index (χ0) is 20.4. The van der Waals surface area contributed by atoms with E-state index in [-0.39, 0.29) is 30.1 Å². The summed E-state index contributed by atoms with van der Waals surface area (Å²) in [5, 5.41) is 0. The van der Waals surface area contributed by atoms with Gasteiger partial charge < -0.3 is 14.7 Å². The highest BCUT2D eigenvalue weighted by atomic mass is 19.1. The summed E-state index contributed by atoms with van der Waals surface area (Å²) in [6.07, 6.45) is 0.631. The highest BCUT2D eigenvalue weighted by Crippen LogP contribution is 2.35. The molecule has 1 fully saturated rings. The molecule has 2 aromatic rings. The van der Waals surface area contributed by atoms with Crippen LogP contribution in [0.15, 0.2) is 48.5 Å². The van der Waals surface area contributed by atoms with Gasteiger partial charge >= 0.3 is 0 Å². The fraction of sp³-hybridized carbons (Fsp3) is 0.391. The van der Waals surface area contributed by atoms with Gasteiger partial charge in [0.25, 0.3) is 0 Å². The number of amides is 2. The van der Waals surface area contributed by atoms with Crippen LogP contribution >= 0.6 is 0 Å². The second-order valence-corrected chi connectivity index (χ2v) is 7.85. The maximum absolute atomic E-state index is 13.5. The Morgan fingerprint density at radius 2 is 1.62 bits per heavy atom. The van der Waals surface area contributed by atoms with Crippen LogP contribution in [-0.2, 0) is 16.0 Å². The molecule has 152 valence electrons. The molecule has 0 unspecified atom stereocenters. The molecular formula is C23H26FN3O2. The molecule has 2 aliphatic rings. The summed E-state index contributed by atoms with van der Waals surface area (Å²) >= 11 is 0. The fourth-order valence-electron chi connectivity index (χ4n) is 4.24. The topological polar surface area (TPSA) is 43.9 Å². The van der Waals surface area contributed by atoms with Gasteiger partial charge in [0, 0.05) is 32.7 Å². The van der Waals surface area contributed by atoms with Crippen LogP contribution in [0.1, 0.15) is 29.2 Å². The summed E-state index contributed by atoms with van der Waals surface area (Å²) in [5.74, 6) is -0.585. The smallest absolute Gasteiger partial charge is 0.232 e. The van der Waals surface area contributed by atoms with E-state index in [0.29, 0.717) is 19.6 Å². The number of carbonyl (C=O) groups excluding carboxylic acids is 2. The molecule has 0 radical (unpaired) electrons. The lowest BCUT2D eigenvalue weighted by Gasteiger charge is -2.38. The highest BCUT2D eigenvalue weighted by Gasteiger charge is 2.33. The van der Waals surface area contributed by atoms with E-state index in [4.69, 9.17) is 0 Å². The van der Waals surface area contributed by atoms with E-state index in [9.17, 15) is 14.0 Å². The quantitative estimate of drug-likeness (QED) is 0.750. The van der Waals surface area contributed by atoms with Crippen molar-refractivity contribution in [3.63, 3.8) is 0 Å². The summed E-state index contributed by atoms with van der Waals surface area (Å²) in [5.41, 5.74) is 3.10. The van der Waals surface area contributed by atoms with Gasteiger partial charge in [-0.15, -0.1) is 0 Å². The van der Waals surface area contributed by atoms with Crippen molar-refractivity contribution in [1.29, 1.82) is 0 Å². The molecule has 0 saturated carbocycles. The number of rotatable bonds is 3. The summed E-state index contributed by atoms with van der Waals surface area (Å²) in [6.45, 7) is 3.53. The molecule has 4 rings (SSSR count). The Labute approximate surface area is 170 Å². The fourth-order valence-corrected chi connectivity index (χ4v) is 4.24. The van der Waals surface area contributed by atoms with Gasteiger partial charge in [0.2, 0.25) is 11.8 Å². The van der Waals surface area contributed by atoms with Gasteiger partial charge in [0.15, 0.2) is 0 Å². The third-order valence-electron chi connectivity index (χ3n) is 5.95. The highest BCUT2D eigenvalue weighted by molar-refractivity contribution is 5.97. The van der Waals surface area contributed by atoms with Crippen molar-refractivity contribution in [3.05, 3.63) is 71.0 Å². The maximum Gasteiger partial charge on any atom is 0.232 e. The third-order valence-corrected chi connectivity index (χ3v) is 5.95. The lowest BCUT2D eigenvalue weighted by Crippen LogP contribution is -2.49. The zero-order valence-corrected chi connectivity index (χ0v) is 16.7. The third kappa shape index (κ3) is 4.17. The van der Waals surface area contributed by atoms with Crippen molar-refractivity contribution in [3.8, 4) is 0 Å². The average Bonchev–Trinajstić information content (AvgIpc) is 2.74. The van der Waals surface area contributed by atoms with Gasteiger partial charge in [-0.05, 0) is 42.3 Å². The summed E-state index contributed by atoms with van der Waals surface area (Å²) in [7, 11) is 2.03. The van der Waals surface area contributed by atoms with E-state index in [1.165, 1.54) is 17.7 Å². The monoisotopic (exact) mass is 395 g/mol. The summed E-state index contributed by atoms with van der Waals surface area (Å²) in [4.78, 5) is 31.6. The number of hydrogen-bond acceptors (Lipinski definition) is 3. The van der Waals surface area contributed by atoms with Crippen molar-refractivity contribution in [2.75, 3.05) is 39.8 Å². The van der Waals surface area contributed by atoms with Crippen molar-refractivity contribution < 1.29 is 14.0 Å². The van der Waals surface area contributed by atoms with Gasteiger partial charge in [0.05, 0.1) is 6.04 Å². The first-order chi connectivity index (χ1) is 14.0. The van der Waals surface area contributed by atoms with Crippen LogP contribution in [0.5, 0.6) is 0 Å². The van der Waals surface area contributed by atoms with Gasteiger partial charge in [-0.1, -0.05) is 36.4 Å². The molecule has 0 aromatic heterocycles. The van der Waals surface area contributed by atoms with Crippen LogP contribution in [0.4, 0.5) is 4.39 Å². The number of hydrogen-bond donors (Lipinski definition) is 0. The predicted octanol–water partition coefficient (Wildman–Crippen LogP) is 2.46. The van der Waals surface area contributed by atoms with Crippen LogP contribution in [0.25, 0.3) is 0 Å². The number of piperazine rings is 1. The Balaban J connectivity index is 1.57. The molecule has 0 N–H and O–H groups in total. The minimum absolute atomic E-state index is 0.111. The molecule has 2 heterocycles. The second-order valence-electron chi connectivity index (χ2n) is 7.85. The van der Waals surface area contributed by atoms with Crippen LogP contribution in [0.2, 0.25) is 0 Å². The van der Waals surface area contributed by atoms with E-state index in [2.05, 4.69) is 11.0 Å². The Bertz CT molecular complexity index is 891. The Hall–Kier alpha value is -2.73. The van der Waals surface area contributed by atoms with Gasteiger partial charge in [-0.3, -0.25) is 9.59 Å². The molecule has 6 heteroatoms. The lowest BCUT2D eigenvalue weighted by molar-refractivity contribution is -0.142. The van der Waals surface area contributed by atoms with Gasteiger partial charge in [-0.25, -0.2) is 4.39 Å². The first-order valence-corrected chi connectivity index (χ1v) is 10.1. The minimum atomic E-state index is -0.305. The molecule has 1 atom stereocenters. The van der Waals surface area contributed by atoms with E-state index in [0.717, 1.165) is 30.6 Å². The SMILES string of the molecule is CN1CCN(C(=O)CC(=O)N2CCc3ccccc3[C@@H]2c2ccc(F)cc2)CC1. The molecule has 2 aliphatic heterocycles. The molecule has 1 saturated heterocycles. The van der Waals surface area contributed by atoms with Crippen molar-refractivity contribution in [1.82, 2.24) is 14.7 Å². The standard InChI is InChI=1S/C23H26FN3O2/c1-25-12-14-26(15-13-25)21(28)16-22(29)27-11-10-17-4-2-3-5-20(17)23(27)18-6-8-19(24)9-7-18/h2-9,23H,10-16H2,1H3/t23-/m0/s1. The van der Waals surface area contributed by atoms with Gasteiger partial charge in [-0.2, -0.15) is 0 Å². The number of carbonyl (C=O) groups is 2. The average molecular weight is 395 g/mol. The normalized spacial score (nSPS) is 19.7. The number of likely N-dealkylation sites (N-methyl/N-ethyl adjacent to an activating group) is 1. The zero-order valence-electron chi connectivity index (χ0n) is 16.7. The molecule has 0 aliphatic carbocycles. The number of nitrogens with zero attached hydrogens (tertiary/aromatic N) is 3. The van der Waals surface area contributed by atoms with Crippen LogP contribution < -0.4 is 0 Å². The Kier molecular flexibility index (Phi) is 5.62. The second kappa shape index (κ2) is 8.33. The molecule has 0 spiro atoms. The first-order valence-electron chi connectivity index (χ1n) is 10.1. The molecule has 0 bridgehead atoms. The van der Waals surface area contributed by atoms with Crippen LogP contribution in [0, 0.1) is 5.82 Å². The van der Waals surface area contributed by atoms with E-state index >= 15 is 0 Å². The molecule has 2 aromatic carbocycles. The van der Waals surface area contributed by atoms with E-state index in [1.807, 2.05) is 25.2 Å². The maximum atomic E-state index is 13.5. The molecule has 29 heavy (non-hydrogen) atoms. The van der Waals surface area contributed by atoms with Crippen molar-refractivity contribution >= 4 is 11.8 Å². The largest absolute Gasteiger partial charge is 0.340 e. The molecule has 2 amide bonds. The Morgan fingerprint density at radius 1 is 0.931 bits per heavy atom. The van der Waals surface area contributed by atoms with Gasteiger partial charge in [0.1, 0.15) is 12.2 Å². The van der Waals surface area contributed by atoms with Crippen LogP contribution in [-0.4, -0.2) is 66.3 Å². The lowest BCUT2D eigenvalue weighted by atomic mass is 9.88.